The van der Waals surface area contributed by atoms with Gasteiger partial charge in [-0.3, -0.25) is 9.67 Å². The lowest BCUT2D eigenvalue weighted by molar-refractivity contribution is 0.357. The van der Waals surface area contributed by atoms with E-state index in [4.69, 9.17) is 0 Å². The van der Waals surface area contributed by atoms with Crippen LogP contribution in [0.5, 0.6) is 0 Å². The van der Waals surface area contributed by atoms with Crippen LogP contribution in [0.2, 0.25) is 0 Å². The number of pyridine rings is 1. The van der Waals surface area contributed by atoms with Gasteiger partial charge in [0.15, 0.2) is 0 Å². The second kappa shape index (κ2) is 7.37. The standard InChI is InChI=1S/C23H36FN3/c1-16(2)27-15-18(14-26-27)22(6,7)10-11-23(8,9)20-19(24)12-17(13-25-20)21(3,4)5/h12-16H,10-11H2,1-9H3. The van der Waals surface area contributed by atoms with Gasteiger partial charge in [0.05, 0.1) is 11.9 Å². The smallest absolute Gasteiger partial charge is 0.145 e. The van der Waals surface area contributed by atoms with Crippen LogP contribution in [0.25, 0.3) is 0 Å². The van der Waals surface area contributed by atoms with Crippen molar-refractivity contribution in [1.29, 1.82) is 0 Å². The highest BCUT2D eigenvalue weighted by Crippen LogP contribution is 2.37. The predicted octanol–water partition coefficient (Wildman–Crippen LogP) is 6.33. The molecule has 150 valence electrons. The Morgan fingerprint density at radius 3 is 2.00 bits per heavy atom. The lowest BCUT2D eigenvalue weighted by Gasteiger charge is -2.31. The van der Waals surface area contributed by atoms with Gasteiger partial charge < -0.3 is 0 Å². The summed E-state index contributed by atoms with van der Waals surface area (Å²) in [6.45, 7) is 19.1. The topological polar surface area (TPSA) is 30.7 Å². The van der Waals surface area contributed by atoms with Gasteiger partial charge in [0.25, 0.3) is 0 Å². The number of rotatable bonds is 6. The Morgan fingerprint density at radius 2 is 1.52 bits per heavy atom. The highest BCUT2D eigenvalue weighted by Gasteiger charge is 2.31. The Labute approximate surface area is 164 Å². The van der Waals surface area contributed by atoms with E-state index < -0.39 is 0 Å². The molecule has 0 saturated heterocycles. The number of halogens is 1. The minimum atomic E-state index is -0.328. The van der Waals surface area contributed by atoms with Crippen molar-refractivity contribution in [3.05, 3.63) is 47.3 Å². The van der Waals surface area contributed by atoms with E-state index >= 15 is 0 Å². The predicted molar refractivity (Wildman–Crippen MR) is 111 cm³/mol. The van der Waals surface area contributed by atoms with Crippen LogP contribution in [-0.4, -0.2) is 14.8 Å². The molecule has 0 N–H and O–H groups in total. The van der Waals surface area contributed by atoms with Crippen LogP contribution in [0.1, 0.15) is 98.0 Å². The molecule has 0 bridgehead atoms. The summed E-state index contributed by atoms with van der Waals surface area (Å²) in [5.41, 5.74) is 2.27. The molecule has 0 saturated carbocycles. The second-order valence-corrected chi connectivity index (χ2v) is 10.4. The first-order valence-electron chi connectivity index (χ1n) is 9.95. The Balaban J connectivity index is 2.18. The molecule has 2 aromatic rings. The van der Waals surface area contributed by atoms with E-state index in [1.807, 2.05) is 17.1 Å². The summed E-state index contributed by atoms with van der Waals surface area (Å²) in [4.78, 5) is 4.53. The normalized spacial score (nSPS) is 13.4. The zero-order valence-corrected chi connectivity index (χ0v) is 18.5. The number of hydrogen-bond acceptors (Lipinski definition) is 2. The van der Waals surface area contributed by atoms with Gasteiger partial charge in [-0.1, -0.05) is 48.5 Å². The molecule has 0 spiro atoms. The van der Waals surface area contributed by atoms with Crippen molar-refractivity contribution in [3.63, 3.8) is 0 Å². The second-order valence-electron chi connectivity index (χ2n) is 10.4. The largest absolute Gasteiger partial charge is 0.270 e. The van der Waals surface area contributed by atoms with Gasteiger partial charge in [-0.25, -0.2) is 4.39 Å². The van der Waals surface area contributed by atoms with Crippen LogP contribution in [0.4, 0.5) is 4.39 Å². The average molecular weight is 374 g/mol. The monoisotopic (exact) mass is 373 g/mol. The maximum absolute atomic E-state index is 14.8. The highest BCUT2D eigenvalue weighted by molar-refractivity contribution is 5.27. The molecule has 27 heavy (non-hydrogen) atoms. The molecule has 0 radical (unpaired) electrons. The zero-order chi connectivity index (χ0) is 20.6. The van der Waals surface area contributed by atoms with E-state index in [-0.39, 0.29) is 22.1 Å². The molecule has 0 aliphatic carbocycles. The molecule has 3 nitrogen and oxygen atoms in total. The van der Waals surface area contributed by atoms with Crippen LogP contribution >= 0.6 is 0 Å². The van der Waals surface area contributed by atoms with Crippen molar-refractivity contribution in [2.45, 2.75) is 97.4 Å². The summed E-state index contributed by atoms with van der Waals surface area (Å²) in [7, 11) is 0. The molecule has 0 atom stereocenters. The van der Waals surface area contributed by atoms with E-state index in [1.54, 1.807) is 6.07 Å². The van der Waals surface area contributed by atoms with Crippen LogP contribution in [0.15, 0.2) is 24.7 Å². The molecule has 0 fully saturated rings. The van der Waals surface area contributed by atoms with Crippen molar-refractivity contribution in [1.82, 2.24) is 14.8 Å². The van der Waals surface area contributed by atoms with Crippen LogP contribution in [0.3, 0.4) is 0 Å². The molecule has 0 unspecified atom stereocenters. The first kappa shape index (κ1) is 21.6. The molecule has 2 heterocycles. The third-order valence-corrected chi connectivity index (χ3v) is 5.64. The van der Waals surface area contributed by atoms with Crippen LogP contribution < -0.4 is 0 Å². The Morgan fingerprint density at radius 1 is 0.926 bits per heavy atom. The average Bonchev–Trinajstić information content (AvgIpc) is 3.03. The first-order chi connectivity index (χ1) is 12.2. The molecule has 0 amide bonds. The fourth-order valence-electron chi connectivity index (χ4n) is 3.20. The molecular formula is C23H36FN3. The lowest BCUT2D eigenvalue weighted by Crippen LogP contribution is -2.26. The summed E-state index contributed by atoms with van der Waals surface area (Å²) in [6.07, 6.45) is 7.72. The van der Waals surface area contributed by atoms with Crippen LogP contribution in [0, 0.1) is 5.82 Å². The lowest BCUT2D eigenvalue weighted by atomic mass is 9.74. The fraction of sp³-hybridized carbons (Fsp3) is 0.652. The number of hydrogen-bond donors (Lipinski definition) is 0. The van der Waals surface area contributed by atoms with Crippen molar-refractivity contribution in [3.8, 4) is 0 Å². The van der Waals surface area contributed by atoms with Crippen molar-refractivity contribution < 1.29 is 4.39 Å². The van der Waals surface area contributed by atoms with Gasteiger partial charge in [-0.2, -0.15) is 5.10 Å². The highest BCUT2D eigenvalue weighted by atomic mass is 19.1. The Hall–Kier alpha value is -1.71. The van der Waals surface area contributed by atoms with E-state index in [0.29, 0.717) is 11.7 Å². The molecule has 0 aliphatic heterocycles. The molecule has 2 rings (SSSR count). The van der Waals surface area contributed by atoms with Crippen molar-refractivity contribution in [2.75, 3.05) is 0 Å². The van der Waals surface area contributed by atoms with Crippen LogP contribution in [-0.2, 0) is 16.2 Å². The van der Waals surface area contributed by atoms with Gasteiger partial charge in [-0.05, 0) is 54.7 Å². The third kappa shape index (κ3) is 4.97. The van der Waals surface area contributed by atoms with Crippen molar-refractivity contribution in [2.24, 2.45) is 0 Å². The third-order valence-electron chi connectivity index (χ3n) is 5.64. The minimum absolute atomic E-state index is 0.0216. The first-order valence-corrected chi connectivity index (χ1v) is 9.95. The molecule has 0 aromatic carbocycles. The van der Waals surface area contributed by atoms with Gasteiger partial charge in [0.1, 0.15) is 5.82 Å². The zero-order valence-electron chi connectivity index (χ0n) is 18.5. The summed E-state index contributed by atoms with van der Waals surface area (Å²) < 4.78 is 16.8. The van der Waals surface area contributed by atoms with Gasteiger partial charge in [-0.15, -0.1) is 0 Å². The van der Waals surface area contributed by atoms with Gasteiger partial charge in [0, 0.05) is 23.9 Å². The molecule has 0 aliphatic rings. The maximum atomic E-state index is 14.8. The summed E-state index contributed by atoms with van der Waals surface area (Å²) in [5.74, 6) is -0.196. The molecular weight excluding hydrogens is 337 g/mol. The van der Waals surface area contributed by atoms with Gasteiger partial charge in [0.2, 0.25) is 0 Å². The number of nitrogens with zero attached hydrogens (tertiary/aromatic N) is 3. The quantitative estimate of drug-likeness (QED) is 0.592. The summed E-state index contributed by atoms with van der Waals surface area (Å²) in [6, 6.07) is 2.01. The molecule has 4 heteroatoms. The van der Waals surface area contributed by atoms with E-state index in [1.165, 1.54) is 5.56 Å². The minimum Gasteiger partial charge on any atom is -0.270 e. The summed E-state index contributed by atoms with van der Waals surface area (Å²) >= 11 is 0. The summed E-state index contributed by atoms with van der Waals surface area (Å²) in [5, 5.41) is 4.48. The SMILES string of the molecule is CC(C)n1cc(C(C)(C)CCC(C)(C)c2ncc(C(C)(C)C)cc2F)cn1. The van der Waals surface area contributed by atoms with E-state index in [9.17, 15) is 4.39 Å². The van der Waals surface area contributed by atoms with E-state index in [0.717, 1.165) is 18.4 Å². The van der Waals surface area contributed by atoms with Gasteiger partial charge >= 0.3 is 0 Å². The molecule has 2 aromatic heterocycles. The Bertz CT molecular complexity index is 779. The fourth-order valence-corrected chi connectivity index (χ4v) is 3.20. The van der Waals surface area contributed by atoms with E-state index in [2.05, 4.69) is 78.6 Å². The van der Waals surface area contributed by atoms with Crippen molar-refractivity contribution >= 4 is 0 Å². The Kier molecular flexibility index (Phi) is 5.89. The maximum Gasteiger partial charge on any atom is 0.145 e. The number of aromatic nitrogens is 3.